The van der Waals surface area contributed by atoms with E-state index in [-0.39, 0.29) is 5.60 Å². The predicted molar refractivity (Wildman–Crippen MR) is 51.0 cm³/mol. The van der Waals surface area contributed by atoms with Crippen molar-refractivity contribution >= 4 is 0 Å². The average Bonchev–Trinajstić information content (AvgIpc) is 2.83. The fourth-order valence-electron chi connectivity index (χ4n) is 1.38. The standard InChI is InChI=1S/C10H21NO/c1-10(2,12-3)7-6-9(11)8-4-5-8/h8-9H,4-7,11H2,1-3H3. The van der Waals surface area contributed by atoms with Crippen LogP contribution in [0.2, 0.25) is 0 Å². The molecule has 2 N–H and O–H groups in total. The third kappa shape index (κ3) is 3.11. The maximum absolute atomic E-state index is 5.99. The first kappa shape index (κ1) is 10.0. The molecular formula is C10H21NO. The first-order valence-corrected chi connectivity index (χ1v) is 4.86. The molecule has 0 aliphatic heterocycles. The quantitative estimate of drug-likeness (QED) is 0.686. The minimum absolute atomic E-state index is 0.00646. The van der Waals surface area contributed by atoms with E-state index in [9.17, 15) is 0 Å². The molecular weight excluding hydrogens is 150 g/mol. The van der Waals surface area contributed by atoms with Gasteiger partial charge in [0.25, 0.3) is 0 Å². The highest BCUT2D eigenvalue weighted by molar-refractivity contribution is 4.85. The normalized spacial score (nSPS) is 21.0. The van der Waals surface area contributed by atoms with Gasteiger partial charge in [-0.15, -0.1) is 0 Å². The Hall–Kier alpha value is -0.0800. The van der Waals surface area contributed by atoms with Gasteiger partial charge in [0.15, 0.2) is 0 Å². The van der Waals surface area contributed by atoms with Crippen LogP contribution in [0.15, 0.2) is 0 Å². The van der Waals surface area contributed by atoms with Gasteiger partial charge in [-0.1, -0.05) is 0 Å². The highest BCUT2D eigenvalue weighted by atomic mass is 16.5. The van der Waals surface area contributed by atoms with E-state index in [0.29, 0.717) is 6.04 Å². The smallest absolute Gasteiger partial charge is 0.0623 e. The Kier molecular flexibility index (Phi) is 3.13. The van der Waals surface area contributed by atoms with Gasteiger partial charge >= 0.3 is 0 Å². The van der Waals surface area contributed by atoms with Crippen LogP contribution in [-0.2, 0) is 4.74 Å². The van der Waals surface area contributed by atoms with Crippen molar-refractivity contribution in [1.29, 1.82) is 0 Å². The molecule has 72 valence electrons. The molecule has 0 aromatic rings. The summed E-state index contributed by atoms with van der Waals surface area (Å²) in [6, 6.07) is 0.416. The summed E-state index contributed by atoms with van der Waals surface area (Å²) in [6.45, 7) is 4.24. The Bertz CT molecular complexity index is 141. The number of hydrogen-bond donors (Lipinski definition) is 1. The second-order valence-corrected chi connectivity index (χ2v) is 4.50. The Labute approximate surface area is 75.5 Å². The van der Waals surface area contributed by atoms with Crippen LogP contribution in [0.4, 0.5) is 0 Å². The minimum atomic E-state index is 0.00646. The number of ether oxygens (including phenoxy) is 1. The summed E-state index contributed by atoms with van der Waals surface area (Å²) in [5.41, 5.74) is 5.99. The molecule has 12 heavy (non-hydrogen) atoms. The van der Waals surface area contributed by atoms with Crippen molar-refractivity contribution < 1.29 is 4.74 Å². The molecule has 0 heterocycles. The van der Waals surface area contributed by atoms with Gasteiger partial charge in [-0.3, -0.25) is 0 Å². The highest BCUT2D eigenvalue weighted by Gasteiger charge is 2.29. The Balaban J connectivity index is 2.14. The van der Waals surface area contributed by atoms with Crippen LogP contribution >= 0.6 is 0 Å². The highest BCUT2D eigenvalue weighted by Crippen LogP contribution is 2.34. The van der Waals surface area contributed by atoms with E-state index >= 15 is 0 Å². The summed E-state index contributed by atoms with van der Waals surface area (Å²) in [4.78, 5) is 0. The van der Waals surface area contributed by atoms with Crippen molar-refractivity contribution in [2.75, 3.05) is 7.11 Å². The summed E-state index contributed by atoms with van der Waals surface area (Å²) in [6.07, 6.45) is 4.86. The topological polar surface area (TPSA) is 35.2 Å². The fraction of sp³-hybridized carbons (Fsp3) is 1.00. The van der Waals surface area contributed by atoms with Gasteiger partial charge in [0.2, 0.25) is 0 Å². The van der Waals surface area contributed by atoms with Crippen LogP contribution in [0.5, 0.6) is 0 Å². The molecule has 0 aromatic heterocycles. The predicted octanol–water partition coefficient (Wildman–Crippen LogP) is 1.93. The monoisotopic (exact) mass is 171 g/mol. The van der Waals surface area contributed by atoms with E-state index in [2.05, 4.69) is 13.8 Å². The molecule has 1 aliphatic carbocycles. The lowest BCUT2D eigenvalue weighted by molar-refractivity contribution is 0.0121. The van der Waals surface area contributed by atoms with Gasteiger partial charge in [0, 0.05) is 13.2 Å². The van der Waals surface area contributed by atoms with E-state index in [1.54, 1.807) is 7.11 Å². The van der Waals surface area contributed by atoms with Gasteiger partial charge in [0.1, 0.15) is 0 Å². The van der Waals surface area contributed by atoms with Gasteiger partial charge in [0.05, 0.1) is 5.60 Å². The van der Waals surface area contributed by atoms with Gasteiger partial charge in [-0.25, -0.2) is 0 Å². The third-order valence-electron chi connectivity index (χ3n) is 2.86. The van der Waals surface area contributed by atoms with E-state index in [1.165, 1.54) is 12.8 Å². The molecule has 1 unspecified atom stereocenters. The van der Waals surface area contributed by atoms with Crippen molar-refractivity contribution in [3.8, 4) is 0 Å². The lowest BCUT2D eigenvalue weighted by Gasteiger charge is -2.24. The third-order valence-corrected chi connectivity index (χ3v) is 2.86. The molecule has 0 radical (unpaired) electrons. The molecule has 1 fully saturated rings. The molecule has 1 aliphatic rings. The molecule has 2 nitrogen and oxygen atoms in total. The Morgan fingerprint density at radius 2 is 2.08 bits per heavy atom. The summed E-state index contributed by atoms with van der Waals surface area (Å²) in [7, 11) is 1.77. The average molecular weight is 171 g/mol. The molecule has 1 saturated carbocycles. The molecule has 0 bridgehead atoms. The number of methoxy groups -OCH3 is 1. The largest absolute Gasteiger partial charge is 0.379 e. The lowest BCUT2D eigenvalue weighted by atomic mass is 9.97. The fourth-order valence-corrected chi connectivity index (χ4v) is 1.38. The molecule has 0 spiro atoms. The number of hydrogen-bond acceptors (Lipinski definition) is 2. The van der Waals surface area contributed by atoms with Crippen molar-refractivity contribution in [1.82, 2.24) is 0 Å². The maximum atomic E-state index is 5.99. The van der Waals surface area contributed by atoms with Crippen molar-refractivity contribution in [3.05, 3.63) is 0 Å². The lowest BCUT2D eigenvalue weighted by Crippen LogP contribution is -2.29. The summed E-state index contributed by atoms with van der Waals surface area (Å²) in [5, 5.41) is 0. The van der Waals surface area contributed by atoms with Crippen LogP contribution in [0.1, 0.15) is 39.5 Å². The Morgan fingerprint density at radius 3 is 2.50 bits per heavy atom. The zero-order valence-electron chi connectivity index (χ0n) is 8.47. The molecule has 0 aromatic carbocycles. The zero-order valence-corrected chi connectivity index (χ0v) is 8.47. The first-order valence-electron chi connectivity index (χ1n) is 4.86. The molecule has 0 saturated heterocycles. The first-order chi connectivity index (χ1) is 5.55. The zero-order chi connectivity index (χ0) is 9.19. The number of rotatable bonds is 5. The van der Waals surface area contributed by atoms with Gasteiger partial charge in [-0.2, -0.15) is 0 Å². The van der Waals surface area contributed by atoms with Gasteiger partial charge in [-0.05, 0) is 45.4 Å². The van der Waals surface area contributed by atoms with E-state index in [0.717, 1.165) is 18.8 Å². The SMILES string of the molecule is COC(C)(C)CCC(N)C1CC1. The van der Waals surface area contributed by atoms with Gasteiger partial charge < -0.3 is 10.5 Å². The summed E-state index contributed by atoms with van der Waals surface area (Å²) < 4.78 is 5.33. The Morgan fingerprint density at radius 1 is 1.50 bits per heavy atom. The van der Waals surface area contributed by atoms with Crippen LogP contribution in [0.3, 0.4) is 0 Å². The van der Waals surface area contributed by atoms with Crippen molar-refractivity contribution in [2.24, 2.45) is 11.7 Å². The molecule has 2 heteroatoms. The molecule has 1 rings (SSSR count). The van der Waals surface area contributed by atoms with Crippen LogP contribution in [0, 0.1) is 5.92 Å². The second kappa shape index (κ2) is 3.75. The minimum Gasteiger partial charge on any atom is -0.379 e. The summed E-state index contributed by atoms with van der Waals surface area (Å²) in [5.74, 6) is 0.817. The molecule has 0 amide bonds. The van der Waals surface area contributed by atoms with E-state index < -0.39 is 0 Å². The number of nitrogens with two attached hydrogens (primary N) is 1. The van der Waals surface area contributed by atoms with Crippen molar-refractivity contribution in [2.45, 2.75) is 51.2 Å². The van der Waals surface area contributed by atoms with Crippen LogP contribution < -0.4 is 5.73 Å². The van der Waals surface area contributed by atoms with Crippen LogP contribution in [0.25, 0.3) is 0 Å². The molecule has 1 atom stereocenters. The van der Waals surface area contributed by atoms with E-state index in [1.807, 2.05) is 0 Å². The van der Waals surface area contributed by atoms with Crippen molar-refractivity contribution in [3.63, 3.8) is 0 Å². The van der Waals surface area contributed by atoms with E-state index in [4.69, 9.17) is 10.5 Å². The summed E-state index contributed by atoms with van der Waals surface area (Å²) >= 11 is 0. The van der Waals surface area contributed by atoms with Crippen LogP contribution in [-0.4, -0.2) is 18.8 Å². The maximum Gasteiger partial charge on any atom is 0.0623 e. The second-order valence-electron chi connectivity index (χ2n) is 4.50.